The predicted molar refractivity (Wildman–Crippen MR) is 125 cm³/mol. The van der Waals surface area contributed by atoms with Crippen LogP contribution in [0, 0.1) is 13.8 Å². The summed E-state index contributed by atoms with van der Waals surface area (Å²) in [6.45, 7) is 6.21. The molecular formula is C26H33N5O. The summed E-state index contributed by atoms with van der Waals surface area (Å²) in [4.78, 5) is 19.6. The molecule has 2 aromatic heterocycles. The first-order valence-corrected chi connectivity index (χ1v) is 12.0. The summed E-state index contributed by atoms with van der Waals surface area (Å²) in [5.74, 6) is 0.145. The second-order valence-electron chi connectivity index (χ2n) is 9.41. The smallest absolute Gasteiger partial charge is 0.220 e. The van der Waals surface area contributed by atoms with E-state index < -0.39 is 0 Å². The Balaban J connectivity index is 1.38. The third-order valence-electron chi connectivity index (χ3n) is 6.91. The minimum atomic E-state index is 0.145. The number of carbonyl (C=O) groups is 1. The van der Waals surface area contributed by atoms with Gasteiger partial charge in [-0.05, 0) is 63.6 Å². The normalized spacial score (nSPS) is 19.4. The van der Waals surface area contributed by atoms with E-state index in [9.17, 15) is 4.79 Å². The van der Waals surface area contributed by atoms with Crippen LogP contribution in [-0.4, -0.2) is 38.0 Å². The second kappa shape index (κ2) is 9.02. The van der Waals surface area contributed by atoms with Crippen molar-refractivity contribution < 1.29 is 4.79 Å². The van der Waals surface area contributed by atoms with Crippen LogP contribution < -0.4 is 5.32 Å². The largest absolute Gasteiger partial charge is 0.353 e. The van der Waals surface area contributed by atoms with Gasteiger partial charge in [0, 0.05) is 36.5 Å². The molecule has 1 aliphatic carbocycles. The Hall–Kier alpha value is -2.73. The number of nitrogens with zero attached hydrogens (tertiary/aromatic N) is 4. The van der Waals surface area contributed by atoms with Crippen molar-refractivity contribution >= 4 is 11.6 Å². The molecule has 6 nitrogen and oxygen atoms in total. The van der Waals surface area contributed by atoms with E-state index in [1.54, 1.807) is 0 Å². The van der Waals surface area contributed by atoms with Gasteiger partial charge in [-0.1, -0.05) is 36.8 Å². The maximum absolute atomic E-state index is 12.2. The molecule has 1 saturated heterocycles. The first kappa shape index (κ1) is 21.1. The maximum atomic E-state index is 12.2. The minimum Gasteiger partial charge on any atom is -0.353 e. The summed E-state index contributed by atoms with van der Waals surface area (Å²) in [5, 5.41) is 8.11. The first-order valence-electron chi connectivity index (χ1n) is 12.0. The lowest BCUT2D eigenvalue weighted by molar-refractivity contribution is -0.121. The van der Waals surface area contributed by atoms with Gasteiger partial charge in [0.15, 0.2) is 5.65 Å². The molecule has 0 bridgehead atoms. The van der Waals surface area contributed by atoms with Crippen LogP contribution in [0.15, 0.2) is 36.4 Å². The molecule has 3 heterocycles. The molecule has 1 amide bonds. The zero-order valence-electron chi connectivity index (χ0n) is 19.2. The lowest BCUT2D eigenvalue weighted by Gasteiger charge is -2.34. The van der Waals surface area contributed by atoms with E-state index in [2.05, 4.69) is 60.5 Å². The van der Waals surface area contributed by atoms with Crippen LogP contribution in [0.4, 0.5) is 0 Å². The Kier molecular flexibility index (Phi) is 5.96. The van der Waals surface area contributed by atoms with Gasteiger partial charge in [0.25, 0.3) is 0 Å². The summed E-state index contributed by atoms with van der Waals surface area (Å²) in [6.07, 6.45) is 7.05. The Morgan fingerprint density at radius 3 is 2.72 bits per heavy atom. The quantitative estimate of drug-likeness (QED) is 0.606. The molecule has 2 fully saturated rings. The SMILES string of the molecule is Cc1nc2cc(C3CCCCN3Cc3ccccc3)nn2c(C)c1CCC(=O)NC1CC1. The Bertz CT molecular complexity index is 1100. The minimum absolute atomic E-state index is 0.145. The number of piperidine rings is 1. The van der Waals surface area contributed by atoms with E-state index in [0.29, 0.717) is 24.9 Å². The highest BCUT2D eigenvalue weighted by molar-refractivity contribution is 5.76. The molecule has 3 aromatic rings. The van der Waals surface area contributed by atoms with Crippen molar-refractivity contribution in [3.05, 3.63) is 64.6 Å². The lowest BCUT2D eigenvalue weighted by atomic mass is 9.98. The van der Waals surface area contributed by atoms with Crippen molar-refractivity contribution in [1.82, 2.24) is 24.8 Å². The fourth-order valence-corrected chi connectivity index (χ4v) is 4.97. The number of amides is 1. The predicted octanol–water partition coefficient (Wildman–Crippen LogP) is 4.28. The van der Waals surface area contributed by atoms with Gasteiger partial charge in [-0.2, -0.15) is 5.10 Å². The molecule has 1 saturated carbocycles. The molecular weight excluding hydrogens is 398 g/mol. The third kappa shape index (κ3) is 4.56. The molecule has 6 heteroatoms. The van der Waals surface area contributed by atoms with Crippen LogP contribution in [0.5, 0.6) is 0 Å². The number of aromatic nitrogens is 3. The number of carbonyl (C=O) groups excluding carboxylic acids is 1. The van der Waals surface area contributed by atoms with Crippen molar-refractivity contribution in [3.8, 4) is 0 Å². The number of hydrogen-bond donors (Lipinski definition) is 1. The number of benzene rings is 1. The molecule has 1 unspecified atom stereocenters. The monoisotopic (exact) mass is 431 g/mol. The fourth-order valence-electron chi connectivity index (χ4n) is 4.97. The lowest BCUT2D eigenvalue weighted by Crippen LogP contribution is -2.33. The van der Waals surface area contributed by atoms with Gasteiger partial charge in [0.2, 0.25) is 5.91 Å². The number of likely N-dealkylation sites (tertiary alicyclic amines) is 1. The molecule has 1 N–H and O–H groups in total. The van der Waals surface area contributed by atoms with Crippen molar-refractivity contribution in [2.45, 2.75) is 77.4 Å². The molecule has 2 aliphatic rings. The molecule has 1 aromatic carbocycles. The number of nitrogens with one attached hydrogen (secondary N) is 1. The number of aryl methyl sites for hydroxylation is 2. The maximum Gasteiger partial charge on any atom is 0.220 e. The van der Waals surface area contributed by atoms with Gasteiger partial charge in [-0.25, -0.2) is 9.50 Å². The van der Waals surface area contributed by atoms with Gasteiger partial charge in [-0.3, -0.25) is 9.69 Å². The van der Waals surface area contributed by atoms with Crippen LogP contribution in [0.1, 0.15) is 72.8 Å². The van der Waals surface area contributed by atoms with E-state index in [1.165, 1.54) is 18.4 Å². The van der Waals surface area contributed by atoms with Gasteiger partial charge in [0.05, 0.1) is 11.7 Å². The Labute approximate surface area is 190 Å². The number of rotatable bonds is 7. The third-order valence-corrected chi connectivity index (χ3v) is 6.91. The van der Waals surface area contributed by atoms with Gasteiger partial charge >= 0.3 is 0 Å². The standard InChI is InChI=1S/C26H33N5O/c1-18-22(13-14-26(32)28-21-11-12-21)19(2)31-25(27-18)16-23(29-31)24-10-6-7-15-30(24)17-20-8-4-3-5-9-20/h3-5,8-9,16,21,24H,6-7,10-15,17H2,1-2H3,(H,28,32). The highest BCUT2D eigenvalue weighted by atomic mass is 16.1. The van der Waals surface area contributed by atoms with Crippen LogP contribution in [0.2, 0.25) is 0 Å². The average Bonchev–Trinajstić information content (AvgIpc) is 3.50. The first-order chi connectivity index (χ1) is 15.6. The summed E-state index contributed by atoms with van der Waals surface area (Å²) < 4.78 is 1.99. The van der Waals surface area contributed by atoms with E-state index >= 15 is 0 Å². The van der Waals surface area contributed by atoms with E-state index in [0.717, 1.165) is 60.6 Å². The zero-order valence-corrected chi connectivity index (χ0v) is 19.2. The van der Waals surface area contributed by atoms with Crippen LogP contribution in [-0.2, 0) is 17.8 Å². The summed E-state index contributed by atoms with van der Waals surface area (Å²) in [5.41, 5.74) is 6.61. The fraction of sp³-hybridized carbons (Fsp3) is 0.500. The van der Waals surface area contributed by atoms with Gasteiger partial charge in [-0.15, -0.1) is 0 Å². The van der Waals surface area contributed by atoms with Crippen molar-refractivity contribution in [2.75, 3.05) is 6.54 Å². The van der Waals surface area contributed by atoms with Crippen LogP contribution in [0.3, 0.4) is 0 Å². The summed E-state index contributed by atoms with van der Waals surface area (Å²) >= 11 is 0. The second-order valence-corrected chi connectivity index (χ2v) is 9.41. The number of fused-ring (bicyclic) bond motifs is 1. The van der Waals surface area contributed by atoms with E-state index in [1.807, 2.05) is 4.52 Å². The van der Waals surface area contributed by atoms with Crippen molar-refractivity contribution in [1.29, 1.82) is 0 Å². The average molecular weight is 432 g/mol. The highest BCUT2D eigenvalue weighted by Crippen LogP contribution is 2.32. The molecule has 32 heavy (non-hydrogen) atoms. The molecule has 168 valence electrons. The summed E-state index contributed by atoms with van der Waals surface area (Å²) in [7, 11) is 0. The Morgan fingerprint density at radius 2 is 1.94 bits per heavy atom. The van der Waals surface area contributed by atoms with Gasteiger partial charge in [0.1, 0.15) is 0 Å². The van der Waals surface area contributed by atoms with Crippen molar-refractivity contribution in [2.24, 2.45) is 0 Å². The molecule has 1 aliphatic heterocycles. The topological polar surface area (TPSA) is 62.5 Å². The highest BCUT2D eigenvalue weighted by Gasteiger charge is 2.27. The van der Waals surface area contributed by atoms with Crippen LogP contribution >= 0.6 is 0 Å². The zero-order chi connectivity index (χ0) is 22.1. The van der Waals surface area contributed by atoms with E-state index in [4.69, 9.17) is 10.1 Å². The van der Waals surface area contributed by atoms with Gasteiger partial charge < -0.3 is 5.32 Å². The van der Waals surface area contributed by atoms with Crippen molar-refractivity contribution in [3.63, 3.8) is 0 Å². The number of hydrogen-bond acceptors (Lipinski definition) is 4. The molecule has 1 atom stereocenters. The Morgan fingerprint density at radius 1 is 1.12 bits per heavy atom. The molecule has 0 spiro atoms. The summed E-state index contributed by atoms with van der Waals surface area (Å²) in [6, 6.07) is 13.6. The van der Waals surface area contributed by atoms with E-state index in [-0.39, 0.29) is 5.91 Å². The van der Waals surface area contributed by atoms with Crippen LogP contribution in [0.25, 0.3) is 5.65 Å². The molecule has 0 radical (unpaired) electrons. The molecule has 5 rings (SSSR count).